The van der Waals surface area contributed by atoms with Gasteiger partial charge in [-0.1, -0.05) is 32.0 Å². The van der Waals surface area contributed by atoms with E-state index in [-0.39, 0.29) is 5.91 Å². The van der Waals surface area contributed by atoms with Crippen molar-refractivity contribution in [3.63, 3.8) is 0 Å². The molecule has 0 fully saturated rings. The van der Waals surface area contributed by atoms with E-state index in [2.05, 4.69) is 40.3 Å². The Morgan fingerprint density at radius 1 is 1.23 bits per heavy atom. The van der Waals surface area contributed by atoms with Crippen LogP contribution in [-0.2, 0) is 11.2 Å². The molecular formula is C20H25N5O. The average Bonchev–Trinajstić information content (AvgIpc) is 3.04. The Labute approximate surface area is 153 Å². The van der Waals surface area contributed by atoms with Crippen LogP contribution in [0.5, 0.6) is 0 Å². The summed E-state index contributed by atoms with van der Waals surface area (Å²) in [4.78, 5) is 21.2. The Bertz CT molecular complexity index is 958. The number of nitrogens with one attached hydrogen (secondary N) is 1. The minimum absolute atomic E-state index is 0.0127. The maximum absolute atomic E-state index is 12.6. The lowest BCUT2D eigenvalue weighted by molar-refractivity contribution is -0.116. The van der Waals surface area contributed by atoms with Gasteiger partial charge in [0.25, 0.3) is 5.78 Å². The molecule has 26 heavy (non-hydrogen) atoms. The minimum atomic E-state index is 0.0127. The van der Waals surface area contributed by atoms with Crippen LogP contribution >= 0.6 is 0 Å². The van der Waals surface area contributed by atoms with E-state index in [1.807, 2.05) is 32.9 Å². The zero-order valence-electron chi connectivity index (χ0n) is 16.0. The first-order valence-corrected chi connectivity index (χ1v) is 8.93. The second-order valence-electron chi connectivity index (χ2n) is 6.98. The summed E-state index contributed by atoms with van der Waals surface area (Å²) in [5, 5.41) is 7.31. The highest BCUT2D eigenvalue weighted by Gasteiger charge is 2.15. The average molecular weight is 351 g/mol. The number of benzene rings is 1. The van der Waals surface area contributed by atoms with Gasteiger partial charge in [0.1, 0.15) is 6.33 Å². The number of carbonyl (C=O) groups excluding carboxylic acids is 1. The second kappa shape index (κ2) is 7.23. The van der Waals surface area contributed by atoms with Gasteiger partial charge >= 0.3 is 0 Å². The van der Waals surface area contributed by atoms with Crippen LogP contribution in [0.1, 0.15) is 54.3 Å². The van der Waals surface area contributed by atoms with E-state index >= 15 is 0 Å². The van der Waals surface area contributed by atoms with Crippen molar-refractivity contribution < 1.29 is 4.79 Å². The SMILES string of the molecule is Cc1cccc(C(C)C)c1NC(=O)CCc1c(C)nc2ncnn2c1C. The first-order chi connectivity index (χ1) is 12.4. The van der Waals surface area contributed by atoms with Crippen LogP contribution in [0.4, 0.5) is 5.69 Å². The van der Waals surface area contributed by atoms with Crippen LogP contribution in [-0.4, -0.2) is 25.5 Å². The third kappa shape index (κ3) is 3.45. The van der Waals surface area contributed by atoms with Gasteiger partial charge in [-0.15, -0.1) is 0 Å². The lowest BCUT2D eigenvalue weighted by Gasteiger charge is -2.17. The first-order valence-electron chi connectivity index (χ1n) is 8.93. The second-order valence-corrected chi connectivity index (χ2v) is 6.98. The van der Waals surface area contributed by atoms with Gasteiger partial charge in [0.05, 0.1) is 0 Å². The fourth-order valence-electron chi connectivity index (χ4n) is 3.30. The summed E-state index contributed by atoms with van der Waals surface area (Å²) in [6.07, 6.45) is 2.52. The summed E-state index contributed by atoms with van der Waals surface area (Å²) in [6.45, 7) is 10.2. The Balaban J connectivity index is 1.77. The first kappa shape index (κ1) is 18.0. The molecule has 6 heteroatoms. The van der Waals surface area contributed by atoms with Crippen molar-refractivity contribution in [3.05, 3.63) is 52.6 Å². The Morgan fingerprint density at radius 2 is 2.00 bits per heavy atom. The molecule has 3 rings (SSSR count). The van der Waals surface area contributed by atoms with Crippen molar-refractivity contribution in [2.24, 2.45) is 0 Å². The van der Waals surface area contributed by atoms with Crippen LogP contribution < -0.4 is 5.32 Å². The molecule has 0 spiro atoms. The van der Waals surface area contributed by atoms with Gasteiger partial charge in [0.2, 0.25) is 5.91 Å². The van der Waals surface area contributed by atoms with Crippen molar-refractivity contribution in [1.29, 1.82) is 0 Å². The lowest BCUT2D eigenvalue weighted by atomic mass is 9.98. The number of aromatic nitrogens is 4. The number of para-hydroxylation sites is 1. The van der Waals surface area contributed by atoms with Gasteiger partial charge in [-0.3, -0.25) is 4.79 Å². The molecule has 0 radical (unpaired) electrons. The number of amides is 1. The smallest absolute Gasteiger partial charge is 0.252 e. The van der Waals surface area contributed by atoms with Crippen molar-refractivity contribution in [3.8, 4) is 0 Å². The zero-order chi connectivity index (χ0) is 18.8. The Kier molecular flexibility index (Phi) is 5.02. The van der Waals surface area contributed by atoms with E-state index in [0.717, 1.165) is 33.8 Å². The molecule has 2 aromatic heterocycles. The molecular weight excluding hydrogens is 326 g/mol. The number of fused-ring (bicyclic) bond motifs is 1. The monoisotopic (exact) mass is 351 g/mol. The van der Waals surface area contributed by atoms with E-state index in [9.17, 15) is 4.79 Å². The molecule has 1 amide bonds. The molecule has 0 atom stereocenters. The maximum Gasteiger partial charge on any atom is 0.252 e. The van der Waals surface area contributed by atoms with Crippen LogP contribution in [0, 0.1) is 20.8 Å². The minimum Gasteiger partial charge on any atom is -0.326 e. The molecule has 0 saturated heterocycles. The summed E-state index contributed by atoms with van der Waals surface area (Å²) >= 11 is 0. The fraction of sp³-hybridized carbons (Fsp3) is 0.400. The number of carbonyl (C=O) groups is 1. The molecule has 0 bridgehead atoms. The van der Waals surface area contributed by atoms with Gasteiger partial charge in [0, 0.05) is 23.5 Å². The number of hydrogen-bond acceptors (Lipinski definition) is 4. The molecule has 3 aromatic rings. The van der Waals surface area contributed by atoms with Gasteiger partial charge in [-0.2, -0.15) is 10.1 Å². The van der Waals surface area contributed by atoms with Crippen LogP contribution in [0.15, 0.2) is 24.5 Å². The lowest BCUT2D eigenvalue weighted by Crippen LogP contribution is -2.16. The third-order valence-electron chi connectivity index (χ3n) is 4.78. The highest BCUT2D eigenvalue weighted by molar-refractivity contribution is 5.92. The quantitative estimate of drug-likeness (QED) is 0.760. The molecule has 0 aliphatic heterocycles. The predicted octanol–water partition coefficient (Wildman–Crippen LogP) is 3.74. The van der Waals surface area contributed by atoms with E-state index in [1.54, 1.807) is 4.52 Å². The molecule has 6 nitrogen and oxygen atoms in total. The molecule has 136 valence electrons. The van der Waals surface area contributed by atoms with Gasteiger partial charge in [-0.25, -0.2) is 9.50 Å². The van der Waals surface area contributed by atoms with Crippen LogP contribution in [0.25, 0.3) is 5.78 Å². The van der Waals surface area contributed by atoms with Gasteiger partial charge in [0.15, 0.2) is 0 Å². The Hall–Kier alpha value is -2.76. The normalized spacial score (nSPS) is 11.3. The molecule has 0 unspecified atom stereocenters. The van der Waals surface area contributed by atoms with E-state index in [4.69, 9.17) is 0 Å². The fourth-order valence-corrected chi connectivity index (χ4v) is 3.30. The van der Waals surface area contributed by atoms with Crippen LogP contribution in [0.2, 0.25) is 0 Å². The number of rotatable bonds is 5. The van der Waals surface area contributed by atoms with E-state index < -0.39 is 0 Å². The highest BCUT2D eigenvalue weighted by atomic mass is 16.1. The predicted molar refractivity (Wildman–Crippen MR) is 102 cm³/mol. The van der Waals surface area contributed by atoms with E-state index in [1.165, 1.54) is 6.33 Å². The molecule has 0 aliphatic rings. The standard InChI is InChI=1S/C20H25N5O/c1-12(2)16-8-6-7-13(3)19(16)24-18(26)10-9-17-14(4)23-20-21-11-22-25(20)15(17)5/h6-8,11-12H,9-10H2,1-5H3,(H,24,26). The number of hydrogen-bond donors (Lipinski definition) is 1. The molecule has 0 aliphatic carbocycles. The number of aryl methyl sites for hydroxylation is 3. The van der Waals surface area contributed by atoms with Crippen molar-refractivity contribution >= 4 is 17.4 Å². The van der Waals surface area contributed by atoms with Crippen molar-refractivity contribution in [1.82, 2.24) is 19.6 Å². The van der Waals surface area contributed by atoms with E-state index in [0.29, 0.717) is 24.5 Å². The summed E-state index contributed by atoms with van der Waals surface area (Å²) in [7, 11) is 0. The largest absolute Gasteiger partial charge is 0.326 e. The molecule has 1 aromatic carbocycles. The Morgan fingerprint density at radius 3 is 2.73 bits per heavy atom. The van der Waals surface area contributed by atoms with Crippen molar-refractivity contribution in [2.45, 2.75) is 53.4 Å². The summed E-state index contributed by atoms with van der Waals surface area (Å²) in [5.41, 5.74) is 6.11. The van der Waals surface area contributed by atoms with Gasteiger partial charge < -0.3 is 5.32 Å². The zero-order valence-corrected chi connectivity index (χ0v) is 16.0. The molecule has 1 N–H and O–H groups in total. The van der Waals surface area contributed by atoms with Crippen LogP contribution in [0.3, 0.4) is 0 Å². The summed E-state index contributed by atoms with van der Waals surface area (Å²) in [6, 6.07) is 6.13. The summed E-state index contributed by atoms with van der Waals surface area (Å²) < 4.78 is 1.72. The van der Waals surface area contributed by atoms with Gasteiger partial charge in [-0.05, 0) is 49.8 Å². The third-order valence-corrected chi connectivity index (χ3v) is 4.78. The maximum atomic E-state index is 12.6. The van der Waals surface area contributed by atoms with Crippen molar-refractivity contribution in [2.75, 3.05) is 5.32 Å². The topological polar surface area (TPSA) is 72.2 Å². The molecule has 0 saturated carbocycles. The number of anilines is 1. The number of nitrogens with zero attached hydrogens (tertiary/aromatic N) is 4. The molecule has 2 heterocycles. The summed E-state index contributed by atoms with van der Waals surface area (Å²) in [5.74, 6) is 0.960. The highest BCUT2D eigenvalue weighted by Crippen LogP contribution is 2.27.